The highest BCUT2D eigenvalue weighted by Gasteiger charge is 2.03. The predicted molar refractivity (Wildman–Crippen MR) is 88.5 cm³/mol. The molecule has 0 saturated carbocycles. The van der Waals surface area contributed by atoms with Gasteiger partial charge in [-0.05, 0) is 44.8 Å². The van der Waals surface area contributed by atoms with E-state index in [1.807, 2.05) is 45.3 Å². The lowest BCUT2D eigenvalue weighted by atomic mass is 10.2. The van der Waals surface area contributed by atoms with Gasteiger partial charge in [0.25, 0.3) is 0 Å². The Labute approximate surface area is 130 Å². The van der Waals surface area contributed by atoms with E-state index in [9.17, 15) is 0 Å². The monoisotopic (exact) mass is 305 g/mol. The fourth-order valence-electron chi connectivity index (χ4n) is 1.84. The molecule has 112 valence electrons. The van der Waals surface area contributed by atoms with E-state index in [1.165, 1.54) is 0 Å². The number of likely N-dealkylation sites (N-methyl/N-ethyl adjacent to an activating group) is 1. The molecule has 0 saturated heterocycles. The molecule has 0 spiro atoms. The maximum Gasteiger partial charge on any atom is 0.135 e. The summed E-state index contributed by atoms with van der Waals surface area (Å²) in [5.41, 5.74) is 2.06. The first-order chi connectivity index (χ1) is 10.0. The molecule has 0 amide bonds. The van der Waals surface area contributed by atoms with E-state index >= 15 is 0 Å². The van der Waals surface area contributed by atoms with Gasteiger partial charge in [0.15, 0.2) is 0 Å². The molecular weight excluding hydrogens is 286 g/mol. The van der Waals surface area contributed by atoms with Crippen LogP contribution in [0.3, 0.4) is 0 Å². The first kappa shape index (κ1) is 15.5. The molecule has 21 heavy (non-hydrogen) atoms. The largest absolute Gasteiger partial charge is 0.369 e. The Bertz CT molecular complexity index is 600. The van der Waals surface area contributed by atoms with Gasteiger partial charge in [-0.3, -0.25) is 0 Å². The molecule has 1 aromatic carbocycles. The Kier molecular flexibility index (Phi) is 5.36. The van der Waals surface area contributed by atoms with Gasteiger partial charge in [-0.2, -0.15) is 0 Å². The van der Waals surface area contributed by atoms with Crippen LogP contribution in [0.1, 0.15) is 5.56 Å². The highest BCUT2D eigenvalue weighted by Crippen LogP contribution is 2.23. The first-order valence-corrected chi connectivity index (χ1v) is 7.16. The van der Waals surface area contributed by atoms with Gasteiger partial charge >= 0.3 is 0 Å². The van der Waals surface area contributed by atoms with Crippen LogP contribution in [0.4, 0.5) is 17.3 Å². The van der Waals surface area contributed by atoms with Crippen molar-refractivity contribution in [3.05, 3.63) is 41.2 Å². The second-order valence-electron chi connectivity index (χ2n) is 5.10. The molecule has 0 bridgehead atoms. The third kappa shape index (κ3) is 4.88. The fraction of sp³-hybridized carbons (Fsp3) is 0.333. The number of halogens is 1. The topological polar surface area (TPSA) is 53.1 Å². The van der Waals surface area contributed by atoms with E-state index in [-0.39, 0.29) is 0 Å². The van der Waals surface area contributed by atoms with E-state index in [0.29, 0.717) is 0 Å². The van der Waals surface area contributed by atoms with Crippen LogP contribution in [0.5, 0.6) is 0 Å². The summed E-state index contributed by atoms with van der Waals surface area (Å²) in [6, 6.07) is 7.61. The molecule has 0 aliphatic heterocycles. The van der Waals surface area contributed by atoms with Crippen LogP contribution < -0.4 is 10.6 Å². The van der Waals surface area contributed by atoms with E-state index < -0.39 is 0 Å². The SMILES string of the molecule is Cc1cc(Cl)ccc1Nc1cc(NCCN(C)C)ncn1. The Morgan fingerprint density at radius 2 is 1.90 bits per heavy atom. The van der Waals surface area contributed by atoms with E-state index in [4.69, 9.17) is 11.6 Å². The Hall–Kier alpha value is -1.85. The van der Waals surface area contributed by atoms with E-state index in [1.54, 1.807) is 6.33 Å². The van der Waals surface area contributed by atoms with Crippen molar-refractivity contribution in [2.45, 2.75) is 6.92 Å². The number of benzene rings is 1. The molecule has 6 heteroatoms. The average Bonchev–Trinajstić information content (AvgIpc) is 2.42. The zero-order chi connectivity index (χ0) is 15.2. The minimum atomic E-state index is 0.728. The van der Waals surface area contributed by atoms with Gasteiger partial charge < -0.3 is 15.5 Å². The number of rotatable bonds is 6. The van der Waals surface area contributed by atoms with Crippen molar-refractivity contribution in [1.29, 1.82) is 0 Å². The lowest BCUT2D eigenvalue weighted by Gasteiger charge is -2.12. The normalized spacial score (nSPS) is 10.7. The quantitative estimate of drug-likeness (QED) is 0.858. The van der Waals surface area contributed by atoms with E-state index in [0.717, 1.165) is 41.0 Å². The lowest BCUT2D eigenvalue weighted by molar-refractivity contribution is 0.425. The summed E-state index contributed by atoms with van der Waals surface area (Å²) in [5.74, 6) is 1.56. The van der Waals surface area contributed by atoms with Crippen LogP contribution in [0, 0.1) is 6.92 Å². The van der Waals surface area contributed by atoms with E-state index in [2.05, 4.69) is 25.5 Å². The van der Waals surface area contributed by atoms with Crippen molar-refractivity contribution in [1.82, 2.24) is 14.9 Å². The number of aryl methyl sites for hydroxylation is 1. The molecule has 1 heterocycles. The van der Waals surface area contributed by atoms with Crippen molar-refractivity contribution >= 4 is 28.9 Å². The maximum absolute atomic E-state index is 5.96. The average molecular weight is 306 g/mol. The van der Waals surface area contributed by atoms with Gasteiger partial charge in [-0.1, -0.05) is 11.6 Å². The lowest BCUT2D eigenvalue weighted by Crippen LogP contribution is -2.21. The summed E-state index contributed by atoms with van der Waals surface area (Å²) in [6.45, 7) is 3.79. The fourth-order valence-corrected chi connectivity index (χ4v) is 2.06. The number of anilines is 3. The zero-order valence-corrected chi connectivity index (χ0v) is 13.3. The van der Waals surface area contributed by atoms with Gasteiger partial charge in [0, 0.05) is 29.9 Å². The van der Waals surface area contributed by atoms with Gasteiger partial charge in [-0.15, -0.1) is 0 Å². The number of aromatic nitrogens is 2. The third-order valence-electron chi connectivity index (χ3n) is 2.98. The molecule has 5 nitrogen and oxygen atoms in total. The van der Waals surface area contributed by atoms with Crippen LogP contribution >= 0.6 is 11.6 Å². The summed E-state index contributed by atoms with van der Waals surface area (Å²) in [5, 5.41) is 7.28. The molecule has 2 rings (SSSR count). The Morgan fingerprint density at radius 3 is 2.62 bits per heavy atom. The van der Waals surface area contributed by atoms with Crippen LogP contribution in [0.25, 0.3) is 0 Å². The standard InChI is InChI=1S/C15H20ClN5/c1-11-8-12(16)4-5-13(11)20-15-9-14(18-10-19-15)17-6-7-21(2)3/h4-5,8-10H,6-7H2,1-3H3,(H2,17,18,19,20). The van der Waals surface area contributed by atoms with Crippen LogP contribution in [0.15, 0.2) is 30.6 Å². The summed E-state index contributed by atoms with van der Waals surface area (Å²) in [4.78, 5) is 10.6. The smallest absolute Gasteiger partial charge is 0.135 e. The predicted octanol–water partition coefficient (Wildman–Crippen LogP) is 3.16. The van der Waals surface area contributed by atoms with Crippen molar-refractivity contribution in [3.63, 3.8) is 0 Å². The molecule has 0 radical (unpaired) electrons. The summed E-state index contributed by atoms with van der Waals surface area (Å²) in [6.07, 6.45) is 1.55. The van der Waals surface area contributed by atoms with Crippen LogP contribution in [0.2, 0.25) is 5.02 Å². The van der Waals surface area contributed by atoms with Gasteiger partial charge in [0.1, 0.15) is 18.0 Å². The van der Waals surface area contributed by atoms with Crippen LogP contribution in [-0.2, 0) is 0 Å². The summed E-state index contributed by atoms with van der Waals surface area (Å²) < 4.78 is 0. The zero-order valence-electron chi connectivity index (χ0n) is 12.5. The van der Waals surface area contributed by atoms with Crippen LogP contribution in [-0.4, -0.2) is 42.1 Å². The van der Waals surface area contributed by atoms with Crippen molar-refractivity contribution < 1.29 is 0 Å². The molecule has 2 aromatic rings. The minimum absolute atomic E-state index is 0.728. The number of hydrogen-bond donors (Lipinski definition) is 2. The summed E-state index contributed by atoms with van der Waals surface area (Å²) >= 11 is 5.96. The highest BCUT2D eigenvalue weighted by molar-refractivity contribution is 6.30. The van der Waals surface area contributed by atoms with Crippen molar-refractivity contribution in [2.75, 3.05) is 37.8 Å². The Morgan fingerprint density at radius 1 is 1.14 bits per heavy atom. The minimum Gasteiger partial charge on any atom is -0.369 e. The van der Waals surface area contributed by atoms with Crippen molar-refractivity contribution in [3.8, 4) is 0 Å². The Balaban J connectivity index is 2.03. The third-order valence-corrected chi connectivity index (χ3v) is 3.22. The second-order valence-corrected chi connectivity index (χ2v) is 5.54. The number of nitrogens with zero attached hydrogens (tertiary/aromatic N) is 3. The second kappa shape index (κ2) is 7.24. The van der Waals surface area contributed by atoms with Gasteiger partial charge in [-0.25, -0.2) is 9.97 Å². The number of nitrogens with one attached hydrogen (secondary N) is 2. The molecule has 0 aliphatic carbocycles. The highest BCUT2D eigenvalue weighted by atomic mass is 35.5. The molecular formula is C15H20ClN5. The molecule has 1 aromatic heterocycles. The summed E-state index contributed by atoms with van der Waals surface area (Å²) in [7, 11) is 4.08. The molecule has 0 atom stereocenters. The van der Waals surface area contributed by atoms with Gasteiger partial charge in [0.05, 0.1) is 0 Å². The molecule has 0 fully saturated rings. The molecule has 2 N–H and O–H groups in total. The molecule has 0 unspecified atom stereocenters. The number of hydrogen-bond acceptors (Lipinski definition) is 5. The maximum atomic E-state index is 5.96. The molecule has 0 aliphatic rings. The van der Waals surface area contributed by atoms with Crippen molar-refractivity contribution in [2.24, 2.45) is 0 Å². The first-order valence-electron chi connectivity index (χ1n) is 6.78. The van der Waals surface area contributed by atoms with Gasteiger partial charge in [0.2, 0.25) is 0 Å².